The first-order valence-corrected chi connectivity index (χ1v) is 5.80. The number of nitrogens with zero attached hydrogens (tertiary/aromatic N) is 1. The molecule has 0 rings (SSSR count). The first kappa shape index (κ1) is 13.7. The van der Waals surface area contributed by atoms with Gasteiger partial charge in [-0.25, -0.2) is 0 Å². The van der Waals surface area contributed by atoms with E-state index in [-0.39, 0.29) is 0 Å². The molecule has 0 aromatic heterocycles. The lowest BCUT2D eigenvalue weighted by molar-refractivity contribution is 0.321. The Balaban J connectivity index is 3.09. The highest BCUT2D eigenvalue weighted by Crippen LogP contribution is 2.01. The molecule has 0 aliphatic rings. The molecule has 0 heterocycles. The third-order valence-electron chi connectivity index (χ3n) is 2.44. The highest BCUT2D eigenvalue weighted by molar-refractivity contribution is 4.66. The molecule has 0 aromatic carbocycles. The quantitative estimate of drug-likeness (QED) is 0.431. The van der Waals surface area contributed by atoms with E-state index in [4.69, 9.17) is 5.73 Å². The third-order valence-corrected chi connectivity index (χ3v) is 2.44. The molecular formula is C12H26N2. The Morgan fingerprint density at radius 1 is 1.07 bits per heavy atom. The smallest absolute Gasteiger partial charge is 0.00188 e. The van der Waals surface area contributed by atoms with Crippen molar-refractivity contribution in [2.24, 2.45) is 5.73 Å². The molecule has 2 heteroatoms. The lowest BCUT2D eigenvalue weighted by Crippen LogP contribution is -2.20. The highest BCUT2D eigenvalue weighted by atomic mass is 15.1. The van der Waals surface area contributed by atoms with Crippen LogP contribution in [0.15, 0.2) is 12.7 Å². The Morgan fingerprint density at radius 2 is 1.71 bits per heavy atom. The molecule has 14 heavy (non-hydrogen) atoms. The van der Waals surface area contributed by atoms with Gasteiger partial charge < -0.3 is 10.6 Å². The summed E-state index contributed by atoms with van der Waals surface area (Å²) in [6, 6.07) is 0. The van der Waals surface area contributed by atoms with Crippen molar-refractivity contribution in [2.45, 2.75) is 38.5 Å². The SMILES string of the molecule is C=CCCCN(C)CCCCCCN. The first-order valence-electron chi connectivity index (χ1n) is 5.80. The largest absolute Gasteiger partial charge is 0.330 e. The average molecular weight is 198 g/mol. The van der Waals surface area contributed by atoms with Gasteiger partial charge in [0.25, 0.3) is 0 Å². The molecule has 0 spiro atoms. The predicted octanol–water partition coefficient (Wildman–Crippen LogP) is 2.40. The van der Waals surface area contributed by atoms with Gasteiger partial charge in [0, 0.05) is 0 Å². The summed E-state index contributed by atoms with van der Waals surface area (Å²) in [7, 11) is 2.20. The number of hydrogen-bond donors (Lipinski definition) is 1. The molecule has 0 bridgehead atoms. The zero-order valence-corrected chi connectivity index (χ0v) is 9.67. The molecule has 0 amide bonds. The number of nitrogens with two attached hydrogens (primary N) is 1. The Kier molecular flexibility index (Phi) is 10.5. The standard InChI is InChI=1S/C12H26N2/c1-3-4-8-11-14(2)12-9-6-5-7-10-13/h3H,1,4-13H2,2H3. The Bertz CT molecular complexity index is 123. The maximum atomic E-state index is 5.43. The summed E-state index contributed by atoms with van der Waals surface area (Å²) in [5, 5.41) is 0. The summed E-state index contributed by atoms with van der Waals surface area (Å²) in [5.74, 6) is 0. The van der Waals surface area contributed by atoms with Crippen molar-refractivity contribution >= 4 is 0 Å². The maximum Gasteiger partial charge on any atom is -0.00188 e. The van der Waals surface area contributed by atoms with Crippen LogP contribution < -0.4 is 5.73 Å². The monoisotopic (exact) mass is 198 g/mol. The fourth-order valence-corrected chi connectivity index (χ4v) is 1.50. The molecule has 0 radical (unpaired) electrons. The van der Waals surface area contributed by atoms with Crippen molar-refractivity contribution in [3.63, 3.8) is 0 Å². The number of hydrogen-bond acceptors (Lipinski definition) is 2. The molecule has 0 unspecified atom stereocenters. The van der Waals surface area contributed by atoms with Gasteiger partial charge in [-0.3, -0.25) is 0 Å². The number of rotatable bonds is 10. The van der Waals surface area contributed by atoms with Crippen LogP contribution >= 0.6 is 0 Å². The summed E-state index contributed by atoms with van der Waals surface area (Å²) in [6.07, 6.45) is 9.47. The molecule has 0 atom stereocenters. The van der Waals surface area contributed by atoms with E-state index in [1.54, 1.807) is 0 Å². The van der Waals surface area contributed by atoms with Gasteiger partial charge in [0.2, 0.25) is 0 Å². The summed E-state index contributed by atoms with van der Waals surface area (Å²) in [6.45, 7) is 6.99. The molecule has 0 aliphatic heterocycles. The molecule has 0 aliphatic carbocycles. The fourth-order valence-electron chi connectivity index (χ4n) is 1.50. The van der Waals surface area contributed by atoms with Crippen molar-refractivity contribution in [1.29, 1.82) is 0 Å². The summed E-state index contributed by atoms with van der Waals surface area (Å²) >= 11 is 0. The Hall–Kier alpha value is -0.340. The summed E-state index contributed by atoms with van der Waals surface area (Å²) in [5.41, 5.74) is 5.43. The fraction of sp³-hybridized carbons (Fsp3) is 0.833. The lowest BCUT2D eigenvalue weighted by atomic mass is 10.2. The second-order valence-corrected chi connectivity index (χ2v) is 3.94. The van der Waals surface area contributed by atoms with Gasteiger partial charge in [-0.15, -0.1) is 6.58 Å². The van der Waals surface area contributed by atoms with E-state index < -0.39 is 0 Å². The van der Waals surface area contributed by atoms with Crippen LogP contribution in [0.1, 0.15) is 38.5 Å². The van der Waals surface area contributed by atoms with E-state index in [9.17, 15) is 0 Å². The van der Waals surface area contributed by atoms with Gasteiger partial charge in [-0.05, 0) is 52.4 Å². The molecule has 2 nitrogen and oxygen atoms in total. The average Bonchev–Trinajstić information content (AvgIpc) is 2.18. The van der Waals surface area contributed by atoms with E-state index in [1.165, 1.54) is 45.2 Å². The Morgan fingerprint density at radius 3 is 2.36 bits per heavy atom. The zero-order chi connectivity index (χ0) is 10.6. The van der Waals surface area contributed by atoms with E-state index in [1.807, 2.05) is 6.08 Å². The second kappa shape index (κ2) is 10.7. The van der Waals surface area contributed by atoms with Crippen molar-refractivity contribution in [1.82, 2.24) is 4.90 Å². The highest BCUT2D eigenvalue weighted by Gasteiger charge is 1.96. The van der Waals surface area contributed by atoms with Gasteiger partial charge >= 0.3 is 0 Å². The number of allylic oxidation sites excluding steroid dienone is 1. The van der Waals surface area contributed by atoms with Gasteiger partial charge in [0.1, 0.15) is 0 Å². The van der Waals surface area contributed by atoms with Gasteiger partial charge in [-0.1, -0.05) is 18.9 Å². The molecule has 2 N–H and O–H groups in total. The van der Waals surface area contributed by atoms with E-state index >= 15 is 0 Å². The van der Waals surface area contributed by atoms with E-state index in [0.29, 0.717) is 0 Å². The Labute approximate surface area is 89.2 Å². The van der Waals surface area contributed by atoms with Crippen LogP contribution in [-0.2, 0) is 0 Å². The van der Waals surface area contributed by atoms with Gasteiger partial charge in [0.05, 0.1) is 0 Å². The van der Waals surface area contributed by atoms with Crippen molar-refractivity contribution < 1.29 is 0 Å². The van der Waals surface area contributed by atoms with Crippen LogP contribution in [0.5, 0.6) is 0 Å². The molecule has 0 saturated heterocycles. The minimum absolute atomic E-state index is 0.842. The molecular weight excluding hydrogens is 172 g/mol. The lowest BCUT2D eigenvalue weighted by Gasteiger charge is -2.15. The van der Waals surface area contributed by atoms with E-state index in [2.05, 4.69) is 18.5 Å². The minimum atomic E-state index is 0.842. The zero-order valence-electron chi connectivity index (χ0n) is 9.67. The summed E-state index contributed by atoms with van der Waals surface area (Å²) < 4.78 is 0. The van der Waals surface area contributed by atoms with Crippen molar-refractivity contribution in [3.05, 3.63) is 12.7 Å². The van der Waals surface area contributed by atoms with Gasteiger partial charge in [-0.2, -0.15) is 0 Å². The first-order chi connectivity index (χ1) is 6.81. The van der Waals surface area contributed by atoms with Crippen LogP contribution in [0.2, 0.25) is 0 Å². The minimum Gasteiger partial charge on any atom is -0.330 e. The molecule has 0 fully saturated rings. The maximum absolute atomic E-state index is 5.43. The van der Waals surface area contributed by atoms with Crippen LogP contribution in [0, 0.1) is 0 Å². The van der Waals surface area contributed by atoms with Crippen LogP contribution in [0.3, 0.4) is 0 Å². The molecule has 0 saturated carbocycles. The topological polar surface area (TPSA) is 29.3 Å². The summed E-state index contributed by atoms with van der Waals surface area (Å²) in [4.78, 5) is 2.41. The van der Waals surface area contributed by atoms with Crippen LogP contribution in [-0.4, -0.2) is 31.6 Å². The second-order valence-electron chi connectivity index (χ2n) is 3.94. The van der Waals surface area contributed by atoms with Crippen LogP contribution in [0.25, 0.3) is 0 Å². The van der Waals surface area contributed by atoms with Gasteiger partial charge in [0.15, 0.2) is 0 Å². The van der Waals surface area contributed by atoms with Crippen LogP contribution in [0.4, 0.5) is 0 Å². The third kappa shape index (κ3) is 9.75. The number of unbranched alkanes of at least 4 members (excludes halogenated alkanes) is 4. The van der Waals surface area contributed by atoms with Crippen molar-refractivity contribution in [3.8, 4) is 0 Å². The molecule has 84 valence electrons. The van der Waals surface area contributed by atoms with Crippen molar-refractivity contribution in [2.75, 3.05) is 26.7 Å². The molecule has 0 aromatic rings. The normalized spacial score (nSPS) is 10.8. The predicted molar refractivity (Wildman–Crippen MR) is 64.5 cm³/mol. The van der Waals surface area contributed by atoms with E-state index in [0.717, 1.165) is 13.0 Å².